The fourth-order valence-electron chi connectivity index (χ4n) is 2.41. The number of rotatable bonds is 6. The number of anilines is 1. The van der Waals surface area contributed by atoms with Crippen molar-refractivity contribution in [1.82, 2.24) is 10.1 Å². The Bertz CT molecular complexity index is 805. The molecule has 0 aliphatic heterocycles. The summed E-state index contributed by atoms with van der Waals surface area (Å²) in [6.45, 7) is 2.35. The van der Waals surface area contributed by atoms with Crippen LogP contribution in [0.2, 0.25) is 5.02 Å². The SMILES string of the molecule is CCc1noc(CNc2ccc(Cl)cc2[C@H](O)c2ccccc2)n1. The van der Waals surface area contributed by atoms with Crippen LogP contribution in [0, 0.1) is 0 Å². The average molecular weight is 344 g/mol. The molecule has 2 aromatic carbocycles. The van der Waals surface area contributed by atoms with Crippen molar-refractivity contribution >= 4 is 17.3 Å². The van der Waals surface area contributed by atoms with Gasteiger partial charge in [0.2, 0.25) is 5.89 Å². The van der Waals surface area contributed by atoms with Gasteiger partial charge in [-0.15, -0.1) is 0 Å². The molecule has 1 heterocycles. The second kappa shape index (κ2) is 7.47. The minimum Gasteiger partial charge on any atom is -0.384 e. The van der Waals surface area contributed by atoms with E-state index in [1.54, 1.807) is 12.1 Å². The van der Waals surface area contributed by atoms with Crippen LogP contribution in [0.25, 0.3) is 0 Å². The smallest absolute Gasteiger partial charge is 0.245 e. The fourth-order valence-corrected chi connectivity index (χ4v) is 2.59. The molecule has 2 N–H and O–H groups in total. The van der Waals surface area contributed by atoms with Crippen molar-refractivity contribution in [2.24, 2.45) is 0 Å². The highest BCUT2D eigenvalue weighted by molar-refractivity contribution is 6.30. The van der Waals surface area contributed by atoms with Gasteiger partial charge in [0.05, 0.1) is 6.54 Å². The highest BCUT2D eigenvalue weighted by Crippen LogP contribution is 2.31. The molecule has 0 radical (unpaired) electrons. The first kappa shape index (κ1) is 16.5. The summed E-state index contributed by atoms with van der Waals surface area (Å²) in [4.78, 5) is 4.27. The van der Waals surface area contributed by atoms with Crippen LogP contribution >= 0.6 is 11.6 Å². The summed E-state index contributed by atoms with van der Waals surface area (Å²) in [6.07, 6.45) is -0.0520. The quantitative estimate of drug-likeness (QED) is 0.708. The first-order valence-corrected chi connectivity index (χ1v) is 8.13. The van der Waals surface area contributed by atoms with Crippen LogP contribution in [0.5, 0.6) is 0 Å². The number of aliphatic hydroxyl groups excluding tert-OH is 1. The molecule has 1 atom stereocenters. The van der Waals surface area contributed by atoms with Gasteiger partial charge in [0.25, 0.3) is 0 Å². The molecule has 3 aromatic rings. The zero-order valence-electron chi connectivity index (χ0n) is 13.2. The van der Waals surface area contributed by atoms with Gasteiger partial charge in [0, 0.05) is 22.7 Å². The summed E-state index contributed by atoms with van der Waals surface area (Å²) in [5.41, 5.74) is 2.27. The maximum atomic E-state index is 10.7. The number of hydrogen-bond donors (Lipinski definition) is 2. The van der Waals surface area contributed by atoms with E-state index < -0.39 is 6.10 Å². The lowest BCUT2D eigenvalue weighted by Crippen LogP contribution is -2.07. The second-order valence-electron chi connectivity index (χ2n) is 5.36. The Balaban J connectivity index is 1.82. The number of hydrogen-bond acceptors (Lipinski definition) is 5. The average Bonchev–Trinajstić information content (AvgIpc) is 3.09. The zero-order chi connectivity index (χ0) is 16.9. The van der Waals surface area contributed by atoms with Crippen LogP contribution in [0.3, 0.4) is 0 Å². The van der Waals surface area contributed by atoms with Gasteiger partial charge in [-0.25, -0.2) is 0 Å². The van der Waals surface area contributed by atoms with E-state index in [0.29, 0.717) is 28.8 Å². The minimum absolute atomic E-state index is 0.378. The summed E-state index contributed by atoms with van der Waals surface area (Å²) >= 11 is 6.11. The van der Waals surface area contributed by atoms with E-state index >= 15 is 0 Å². The lowest BCUT2D eigenvalue weighted by atomic mass is 10.00. The van der Waals surface area contributed by atoms with E-state index in [1.165, 1.54) is 0 Å². The van der Waals surface area contributed by atoms with E-state index in [9.17, 15) is 5.11 Å². The highest BCUT2D eigenvalue weighted by Gasteiger charge is 2.16. The monoisotopic (exact) mass is 343 g/mol. The normalized spacial score (nSPS) is 12.1. The van der Waals surface area contributed by atoms with Gasteiger partial charge < -0.3 is 14.9 Å². The van der Waals surface area contributed by atoms with Crippen LogP contribution in [0.1, 0.15) is 35.9 Å². The van der Waals surface area contributed by atoms with Crippen LogP contribution in [0.4, 0.5) is 5.69 Å². The van der Waals surface area contributed by atoms with Gasteiger partial charge in [0.1, 0.15) is 6.10 Å². The predicted octanol–water partition coefficient (Wildman–Crippen LogP) is 3.98. The molecule has 3 rings (SSSR count). The molecule has 1 aromatic heterocycles. The van der Waals surface area contributed by atoms with Crippen molar-refractivity contribution in [3.63, 3.8) is 0 Å². The third kappa shape index (κ3) is 3.75. The van der Waals surface area contributed by atoms with Gasteiger partial charge >= 0.3 is 0 Å². The molecule has 0 saturated carbocycles. The Labute approximate surface area is 145 Å². The molecule has 0 amide bonds. The Kier molecular flexibility index (Phi) is 5.13. The number of halogens is 1. The van der Waals surface area contributed by atoms with E-state index in [0.717, 1.165) is 17.7 Å². The Morgan fingerprint density at radius 3 is 2.71 bits per heavy atom. The summed E-state index contributed by atoms with van der Waals surface area (Å²) in [5.74, 6) is 1.18. The van der Waals surface area contributed by atoms with Gasteiger partial charge in [-0.1, -0.05) is 54.0 Å². The number of aryl methyl sites for hydroxylation is 1. The maximum Gasteiger partial charge on any atom is 0.245 e. The molecule has 0 aliphatic carbocycles. The maximum absolute atomic E-state index is 10.7. The summed E-state index contributed by atoms with van der Waals surface area (Å²) in [7, 11) is 0. The van der Waals surface area contributed by atoms with Gasteiger partial charge in [-0.3, -0.25) is 0 Å². The van der Waals surface area contributed by atoms with Crippen LogP contribution in [-0.2, 0) is 13.0 Å². The van der Waals surface area contributed by atoms with Crippen molar-refractivity contribution < 1.29 is 9.63 Å². The van der Waals surface area contributed by atoms with Crippen LogP contribution in [-0.4, -0.2) is 15.2 Å². The predicted molar refractivity (Wildman–Crippen MR) is 93.0 cm³/mol. The van der Waals surface area contributed by atoms with Crippen molar-refractivity contribution in [3.05, 3.63) is 76.4 Å². The number of benzene rings is 2. The largest absolute Gasteiger partial charge is 0.384 e. The lowest BCUT2D eigenvalue weighted by Gasteiger charge is -2.17. The molecular weight excluding hydrogens is 326 g/mol. The minimum atomic E-state index is -0.777. The molecule has 0 aliphatic rings. The summed E-state index contributed by atoms with van der Waals surface area (Å²) in [5, 5.41) is 18.4. The molecule has 6 heteroatoms. The lowest BCUT2D eigenvalue weighted by molar-refractivity contribution is 0.221. The third-order valence-corrected chi connectivity index (χ3v) is 3.92. The van der Waals surface area contributed by atoms with E-state index in [2.05, 4.69) is 15.5 Å². The Hall–Kier alpha value is -2.37. The molecule has 24 heavy (non-hydrogen) atoms. The molecule has 5 nitrogen and oxygen atoms in total. The standard InChI is InChI=1S/C18H18ClN3O2/c1-2-16-21-17(24-22-16)11-20-15-9-8-13(19)10-14(15)18(23)12-6-4-3-5-7-12/h3-10,18,20,23H,2,11H2,1H3/t18-/m1/s1. The first-order valence-electron chi connectivity index (χ1n) is 7.75. The Morgan fingerprint density at radius 2 is 2.00 bits per heavy atom. The Morgan fingerprint density at radius 1 is 1.21 bits per heavy atom. The van der Waals surface area contributed by atoms with Crippen molar-refractivity contribution in [1.29, 1.82) is 0 Å². The van der Waals surface area contributed by atoms with Crippen molar-refractivity contribution in [3.8, 4) is 0 Å². The van der Waals surface area contributed by atoms with Crippen LogP contribution in [0.15, 0.2) is 53.1 Å². The van der Waals surface area contributed by atoms with Crippen molar-refractivity contribution in [2.75, 3.05) is 5.32 Å². The molecule has 0 fully saturated rings. The second-order valence-corrected chi connectivity index (χ2v) is 5.79. The highest BCUT2D eigenvalue weighted by atomic mass is 35.5. The van der Waals surface area contributed by atoms with Gasteiger partial charge in [-0.2, -0.15) is 4.98 Å². The molecule has 0 saturated heterocycles. The molecule has 124 valence electrons. The van der Waals surface area contributed by atoms with E-state index in [4.69, 9.17) is 16.1 Å². The van der Waals surface area contributed by atoms with Gasteiger partial charge in [0.15, 0.2) is 5.82 Å². The molecule has 0 bridgehead atoms. The summed E-state index contributed by atoms with van der Waals surface area (Å²) < 4.78 is 5.17. The number of nitrogens with zero attached hydrogens (tertiary/aromatic N) is 2. The van der Waals surface area contributed by atoms with Gasteiger partial charge in [-0.05, 0) is 23.8 Å². The summed E-state index contributed by atoms with van der Waals surface area (Å²) in [6, 6.07) is 14.8. The molecule has 0 unspecified atom stereocenters. The number of nitrogens with one attached hydrogen (secondary N) is 1. The first-order chi connectivity index (χ1) is 11.7. The zero-order valence-corrected chi connectivity index (χ0v) is 14.0. The number of aliphatic hydroxyl groups is 1. The fraction of sp³-hybridized carbons (Fsp3) is 0.222. The van der Waals surface area contributed by atoms with E-state index in [-0.39, 0.29) is 0 Å². The topological polar surface area (TPSA) is 71.2 Å². The van der Waals surface area contributed by atoms with E-state index in [1.807, 2.05) is 43.3 Å². The number of aromatic nitrogens is 2. The third-order valence-electron chi connectivity index (χ3n) is 3.68. The molecule has 0 spiro atoms. The molecular formula is C18H18ClN3O2. The van der Waals surface area contributed by atoms with Crippen LogP contribution < -0.4 is 5.32 Å². The van der Waals surface area contributed by atoms with Crippen molar-refractivity contribution in [2.45, 2.75) is 26.0 Å².